The number of fused-ring (bicyclic) bond motifs is 3. The second-order valence-corrected chi connectivity index (χ2v) is 12.6. The Morgan fingerprint density at radius 2 is 1.58 bits per heavy atom. The van der Waals surface area contributed by atoms with Gasteiger partial charge in [-0.15, -0.1) is 6.58 Å². The summed E-state index contributed by atoms with van der Waals surface area (Å²) in [5.41, 5.74) is 10.00. The number of rotatable bonds is 11. The fourth-order valence-corrected chi connectivity index (χ4v) is 6.60. The highest BCUT2D eigenvalue weighted by Gasteiger charge is 2.40. The first-order valence-corrected chi connectivity index (χ1v) is 16.0. The summed E-state index contributed by atoms with van der Waals surface area (Å²) < 4.78 is 39.5. The van der Waals surface area contributed by atoms with Crippen LogP contribution >= 0.6 is 0 Å². The average molecular weight is 652 g/mol. The number of hydrogen-bond donors (Lipinski definition) is 2. The van der Waals surface area contributed by atoms with Gasteiger partial charge in [0.2, 0.25) is 11.8 Å². The zero-order valence-corrected chi connectivity index (χ0v) is 26.3. The van der Waals surface area contributed by atoms with Crippen LogP contribution in [0.25, 0.3) is 22.3 Å². The van der Waals surface area contributed by atoms with Crippen molar-refractivity contribution in [2.75, 3.05) is 4.90 Å². The van der Waals surface area contributed by atoms with Crippen LogP contribution in [0.15, 0.2) is 110 Å². The van der Waals surface area contributed by atoms with Crippen molar-refractivity contribution in [3.05, 3.63) is 126 Å². The number of nitrogens with two attached hydrogens (primary N) is 1. The Labute approximate surface area is 277 Å². The van der Waals surface area contributed by atoms with Crippen LogP contribution in [-0.2, 0) is 27.1 Å². The number of amides is 3. The topological polar surface area (TPSA) is 92.5 Å². The van der Waals surface area contributed by atoms with Crippen molar-refractivity contribution in [1.82, 2.24) is 5.32 Å². The predicted molar refractivity (Wildman–Crippen MR) is 179 cm³/mol. The molecule has 2 aliphatic rings. The molecule has 3 unspecified atom stereocenters. The van der Waals surface area contributed by atoms with E-state index in [2.05, 4.69) is 11.9 Å². The van der Waals surface area contributed by atoms with Crippen LogP contribution in [0.5, 0.6) is 0 Å². The van der Waals surface area contributed by atoms with Gasteiger partial charge in [0.05, 0.1) is 29.6 Å². The molecule has 0 radical (unpaired) electrons. The quantitative estimate of drug-likeness (QED) is 0.162. The molecule has 6 rings (SSSR count). The molecule has 1 aliphatic heterocycles. The Bertz CT molecular complexity index is 1850. The smallest absolute Gasteiger partial charge is 0.369 e. The third kappa shape index (κ3) is 6.90. The third-order valence-electron chi connectivity index (χ3n) is 9.26. The number of carbonyl (C=O) groups excluding carboxylic acids is 3. The van der Waals surface area contributed by atoms with Crippen molar-refractivity contribution >= 4 is 23.4 Å². The van der Waals surface area contributed by atoms with Gasteiger partial charge >= 0.3 is 6.18 Å². The second kappa shape index (κ2) is 13.5. The summed E-state index contributed by atoms with van der Waals surface area (Å²) in [5, 5.41) is 3.03. The molecule has 1 heterocycles. The van der Waals surface area contributed by atoms with Crippen LogP contribution in [0, 0.1) is 17.8 Å². The number of nitrogens with one attached hydrogen (secondary N) is 1. The molecule has 0 saturated heterocycles. The molecule has 3 N–H and O–H groups in total. The summed E-state index contributed by atoms with van der Waals surface area (Å²) in [6.07, 6.45) is -0.147. The summed E-state index contributed by atoms with van der Waals surface area (Å²) >= 11 is 0. The third-order valence-corrected chi connectivity index (χ3v) is 9.26. The van der Waals surface area contributed by atoms with Crippen molar-refractivity contribution in [1.29, 1.82) is 0 Å². The van der Waals surface area contributed by atoms with E-state index >= 15 is 0 Å². The molecule has 6 nitrogen and oxygen atoms in total. The predicted octanol–water partition coefficient (Wildman–Crippen LogP) is 7.84. The van der Waals surface area contributed by atoms with Gasteiger partial charge in [0.15, 0.2) is 0 Å². The Kier molecular flexibility index (Phi) is 9.22. The minimum atomic E-state index is -4.44. The standard InChI is InChI=1S/C39H36F3N3O3/c1-2-8-32(36(43)46)33(22-24-15-16-24)37(47)44-35-31-13-4-3-11-29(31)30-12-5-6-14-34(30)45(38(35)48)23-25-9-7-10-27(21-25)26-17-19-28(20-18-26)39(40,41)42/h2-7,9-14,17-21,24,32-33,35H,1,8,15-16,22-23H2,(H2,43,46)(H,44,47). The number of para-hydroxylation sites is 1. The molecule has 246 valence electrons. The zero-order valence-electron chi connectivity index (χ0n) is 26.3. The van der Waals surface area contributed by atoms with E-state index in [1.807, 2.05) is 66.7 Å². The van der Waals surface area contributed by atoms with Crippen LogP contribution in [-0.4, -0.2) is 17.7 Å². The molecular formula is C39H36F3N3O3. The fourth-order valence-electron chi connectivity index (χ4n) is 6.60. The number of nitrogens with zero attached hydrogens (tertiary/aromatic N) is 1. The first kappa shape index (κ1) is 32.7. The van der Waals surface area contributed by atoms with Crippen LogP contribution in [0.1, 0.15) is 48.4 Å². The summed E-state index contributed by atoms with van der Waals surface area (Å²) in [7, 11) is 0. The normalized spacial score (nSPS) is 17.0. The molecule has 0 spiro atoms. The van der Waals surface area contributed by atoms with Crippen molar-refractivity contribution in [3.63, 3.8) is 0 Å². The number of hydrogen-bond acceptors (Lipinski definition) is 3. The van der Waals surface area contributed by atoms with E-state index < -0.39 is 41.4 Å². The van der Waals surface area contributed by atoms with Crippen molar-refractivity contribution in [3.8, 4) is 22.3 Å². The minimum absolute atomic E-state index is 0.135. The molecule has 1 fully saturated rings. The number of anilines is 1. The van der Waals surface area contributed by atoms with Crippen molar-refractivity contribution in [2.24, 2.45) is 23.5 Å². The Hall–Kier alpha value is -5.18. The van der Waals surface area contributed by atoms with Gasteiger partial charge in [0.1, 0.15) is 6.04 Å². The highest BCUT2D eigenvalue weighted by atomic mass is 19.4. The van der Waals surface area contributed by atoms with Gasteiger partial charge in [-0.05, 0) is 70.8 Å². The number of halogens is 3. The lowest BCUT2D eigenvalue weighted by Gasteiger charge is -2.29. The highest BCUT2D eigenvalue weighted by molar-refractivity contribution is 6.06. The summed E-state index contributed by atoms with van der Waals surface area (Å²) in [6, 6.07) is 26.2. The van der Waals surface area contributed by atoms with Gasteiger partial charge in [-0.1, -0.05) is 91.7 Å². The van der Waals surface area contributed by atoms with Gasteiger partial charge in [0.25, 0.3) is 5.91 Å². The maximum absolute atomic E-state index is 14.7. The lowest BCUT2D eigenvalue weighted by atomic mass is 9.83. The zero-order chi connectivity index (χ0) is 34.0. The van der Waals surface area contributed by atoms with Crippen LogP contribution in [0.3, 0.4) is 0 Å². The van der Waals surface area contributed by atoms with Gasteiger partial charge in [-0.3, -0.25) is 14.4 Å². The summed E-state index contributed by atoms with van der Waals surface area (Å²) in [6.45, 7) is 3.89. The molecule has 3 amide bonds. The monoisotopic (exact) mass is 651 g/mol. The number of benzene rings is 4. The number of allylic oxidation sites excluding steroid dienone is 1. The Morgan fingerprint density at radius 3 is 2.25 bits per heavy atom. The van der Waals surface area contributed by atoms with Gasteiger partial charge in [0, 0.05) is 5.56 Å². The second-order valence-electron chi connectivity index (χ2n) is 12.6. The van der Waals surface area contributed by atoms with Crippen molar-refractivity contribution in [2.45, 2.75) is 44.4 Å². The summed E-state index contributed by atoms with van der Waals surface area (Å²) in [5.74, 6) is -2.48. The van der Waals surface area contributed by atoms with E-state index in [0.29, 0.717) is 34.7 Å². The van der Waals surface area contributed by atoms with Crippen LogP contribution in [0.4, 0.5) is 18.9 Å². The first-order chi connectivity index (χ1) is 23.0. The SMILES string of the molecule is C=CCC(C(N)=O)C(CC1CC1)C(=O)NC1C(=O)N(Cc2cccc(-c3ccc(C(F)(F)F)cc3)c2)c2ccccc2-c2ccccc21. The van der Waals surface area contributed by atoms with Gasteiger partial charge in [-0.2, -0.15) is 13.2 Å². The van der Waals surface area contributed by atoms with E-state index in [9.17, 15) is 27.6 Å². The Balaban J connectivity index is 1.36. The van der Waals surface area contributed by atoms with Crippen LogP contribution < -0.4 is 16.0 Å². The van der Waals surface area contributed by atoms with E-state index in [0.717, 1.165) is 41.7 Å². The minimum Gasteiger partial charge on any atom is -0.369 e. The number of carbonyl (C=O) groups is 3. The van der Waals surface area contributed by atoms with Crippen molar-refractivity contribution < 1.29 is 27.6 Å². The molecular weight excluding hydrogens is 615 g/mol. The maximum atomic E-state index is 14.7. The van der Waals surface area contributed by atoms with Crippen LogP contribution in [0.2, 0.25) is 0 Å². The van der Waals surface area contributed by atoms with E-state index in [1.165, 1.54) is 12.1 Å². The highest BCUT2D eigenvalue weighted by Crippen LogP contribution is 2.42. The first-order valence-electron chi connectivity index (χ1n) is 16.0. The molecule has 3 atom stereocenters. The molecule has 4 aromatic rings. The number of alkyl halides is 3. The lowest BCUT2D eigenvalue weighted by Crippen LogP contribution is -2.46. The maximum Gasteiger partial charge on any atom is 0.416 e. The number of primary amides is 1. The molecule has 0 bridgehead atoms. The fraction of sp³-hybridized carbons (Fsp3) is 0.256. The summed E-state index contributed by atoms with van der Waals surface area (Å²) in [4.78, 5) is 42.9. The van der Waals surface area contributed by atoms with E-state index in [-0.39, 0.29) is 18.9 Å². The molecule has 9 heteroatoms. The lowest BCUT2D eigenvalue weighted by molar-refractivity contribution is -0.137. The van der Waals surface area contributed by atoms with Gasteiger partial charge in [-0.25, -0.2) is 0 Å². The van der Waals surface area contributed by atoms with E-state index in [1.54, 1.807) is 17.0 Å². The molecule has 1 aliphatic carbocycles. The van der Waals surface area contributed by atoms with Gasteiger partial charge < -0.3 is 16.0 Å². The largest absolute Gasteiger partial charge is 0.416 e. The average Bonchev–Trinajstić information content (AvgIpc) is 3.92. The molecule has 1 saturated carbocycles. The molecule has 48 heavy (non-hydrogen) atoms. The van der Waals surface area contributed by atoms with E-state index in [4.69, 9.17) is 5.73 Å². The Morgan fingerprint density at radius 1 is 0.896 bits per heavy atom. The molecule has 4 aromatic carbocycles. The molecule has 0 aromatic heterocycles.